The lowest BCUT2D eigenvalue weighted by atomic mass is 9.95. The van der Waals surface area contributed by atoms with E-state index in [1.165, 1.54) is 11.3 Å². The second kappa shape index (κ2) is 9.99. The predicted molar refractivity (Wildman–Crippen MR) is 134 cm³/mol. The molecule has 176 valence electrons. The summed E-state index contributed by atoms with van der Waals surface area (Å²) in [7, 11) is 3.09. The number of rotatable bonds is 6. The third kappa shape index (κ3) is 4.45. The van der Waals surface area contributed by atoms with Crippen LogP contribution in [0.1, 0.15) is 31.0 Å². The lowest BCUT2D eigenvalue weighted by Gasteiger charge is -2.25. The molecular weight excluding hydrogens is 520 g/mol. The van der Waals surface area contributed by atoms with Crippen molar-refractivity contribution in [2.24, 2.45) is 4.99 Å². The van der Waals surface area contributed by atoms with Crippen LogP contribution in [0.25, 0.3) is 6.08 Å². The zero-order valence-corrected chi connectivity index (χ0v) is 21.5. The van der Waals surface area contributed by atoms with Crippen LogP contribution in [0.2, 0.25) is 0 Å². The van der Waals surface area contributed by atoms with E-state index in [0.29, 0.717) is 37.7 Å². The molecule has 0 saturated heterocycles. The number of nitrogens with zero attached hydrogens (tertiary/aromatic N) is 2. The summed E-state index contributed by atoms with van der Waals surface area (Å²) in [5, 5.41) is 0. The van der Waals surface area contributed by atoms with E-state index in [4.69, 9.17) is 14.2 Å². The lowest BCUT2D eigenvalue weighted by molar-refractivity contribution is -0.139. The van der Waals surface area contributed by atoms with Crippen molar-refractivity contribution in [1.29, 1.82) is 0 Å². The SMILES string of the molecule is CCOC(=O)C1=C(C)N=c2sc(=Cc3ccc(Br)cc3)c(=O)n2[C@H]1c1ccc(OC)c(OC)c1. The third-order valence-corrected chi connectivity index (χ3v) is 6.92. The summed E-state index contributed by atoms with van der Waals surface area (Å²) in [5.74, 6) is 0.535. The minimum atomic E-state index is -0.720. The van der Waals surface area contributed by atoms with Crippen molar-refractivity contribution in [2.45, 2.75) is 19.9 Å². The third-order valence-electron chi connectivity index (χ3n) is 5.41. The number of fused-ring (bicyclic) bond motifs is 1. The van der Waals surface area contributed by atoms with Gasteiger partial charge in [-0.05, 0) is 55.3 Å². The number of benzene rings is 2. The fraction of sp³-hybridized carbons (Fsp3) is 0.240. The first-order valence-electron chi connectivity index (χ1n) is 10.5. The number of esters is 1. The molecule has 0 saturated carbocycles. The number of aromatic nitrogens is 1. The molecule has 0 radical (unpaired) electrons. The van der Waals surface area contributed by atoms with Crippen LogP contribution < -0.4 is 24.4 Å². The van der Waals surface area contributed by atoms with E-state index in [-0.39, 0.29) is 12.2 Å². The zero-order valence-electron chi connectivity index (χ0n) is 19.1. The van der Waals surface area contributed by atoms with Crippen LogP contribution in [0, 0.1) is 0 Å². The smallest absolute Gasteiger partial charge is 0.338 e. The van der Waals surface area contributed by atoms with Gasteiger partial charge in [0.25, 0.3) is 5.56 Å². The maximum absolute atomic E-state index is 13.6. The number of carbonyl (C=O) groups is 1. The molecule has 0 bridgehead atoms. The summed E-state index contributed by atoms with van der Waals surface area (Å²) in [5.41, 5.74) is 2.16. The molecule has 0 N–H and O–H groups in total. The Labute approximate surface area is 208 Å². The van der Waals surface area contributed by atoms with Gasteiger partial charge in [0.2, 0.25) is 0 Å². The minimum absolute atomic E-state index is 0.211. The normalized spacial score (nSPS) is 15.6. The van der Waals surface area contributed by atoms with Crippen molar-refractivity contribution in [2.75, 3.05) is 20.8 Å². The van der Waals surface area contributed by atoms with Gasteiger partial charge in [0.15, 0.2) is 16.3 Å². The predicted octanol–water partition coefficient (Wildman–Crippen LogP) is 3.58. The second-order valence-corrected chi connectivity index (χ2v) is 9.39. The van der Waals surface area contributed by atoms with Gasteiger partial charge in [0.1, 0.15) is 0 Å². The number of thiazole rings is 1. The standard InChI is InChI=1S/C25H23BrN2O5S/c1-5-33-24(30)21-14(2)27-25-28(22(21)16-8-11-18(31-3)19(13-16)32-4)23(29)20(34-25)12-15-6-9-17(26)10-7-15/h6-13,22H,5H2,1-4H3/t22-/m0/s1. The largest absolute Gasteiger partial charge is 0.493 e. The van der Waals surface area contributed by atoms with Crippen LogP contribution in [-0.2, 0) is 9.53 Å². The van der Waals surface area contributed by atoms with Gasteiger partial charge >= 0.3 is 5.97 Å². The summed E-state index contributed by atoms with van der Waals surface area (Å²) < 4.78 is 19.2. The summed E-state index contributed by atoms with van der Waals surface area (Å²) >= 11 is 4.71. The zero-order chi connectivity index (χ0) is 24.4. The summed E-state index contributed by atoms with van der Waals surface area (Å²) in [6, 6.07) is 12.3. The Hall–Kier alpha value is -3.17. The molecule has 2 heterocycles. The molecule has 1 atom stereocenters. The number of halogens is 1. The first-order valence-corrected chi connectivity index (χ1v) is 12.2. The molecule has 34 heavy (non-hydrogen) atoms. The number of carbonyl (C=O) groups excluding carboxylic acids is 1. The topological polar surface area (TPSA) is 79.1 Å². The molecule has 1 aromatic heterocycles. The molecule has 3 aromatic rings. The highest BCUT2D eigenvalue weighted by atomic mass is 79.9. The van der Waals surface area contributed by atoms with Crippen LogP contribution in [0.3, 0.4) is 0 Å². The van der Waals surface area contributed by atoms with E-state index in [9.17, 15) is 9.59 Å². The number of hydrogen-bond acceptors (Lipinski definition) is 7. The highest BCUT2D eigenvalue weighted by Crippen LogP contribution is 2.36. The maximum atomic E-state index is 13.6. The Morgan fingerprint density at radius 1 is 1.15 bits per heavy atom. The van der Waals surface area contributed by atoms with E-state index in [0.717, 1.165) is 10.0 Å². The van der Waals surface area contributed by atoms with Gasteiger partial charge in [-0.1, -0.05) is 45.5 Å². The van der Waals surface area contributed by atoms with Crippen molar-refractivity contribution >= 4 is 39.3 Å². The number of hydrogen-bond donors (Lipinski definition) is 0. The molecule has 1 aliphatic rings. The van der Waals surface area contributed by atoms with Crippen LogP contribution in [0.4, 0.5) is 0 Å². The number of allylic oxidation sites excluding steroid dienone is 1. The average molecular weight is 543 g/mol. The molecule has 9 heteroatoms. The molecule has 0 amide bonds. The summed E-state index contributed by atoms with van der Waals surface area (Å²) in [6.45, 7) is 3.71. The van der Waals surface area contributed by atoms with E-state index < -0.39 is 12.0 Å². The molecule has 7 nitrogen and oxygen atoms in total. The highest BCUT2D eigenvalue weighted by Gasteiger charge is 2.33. The quantitative estimate of drug-likeness (QED) is 0.445. The van der Waals surface area contributed by atoms with Gasteiger partial charge in [-0.3, -0.25) is 9.36 Å². The van der Waals surface area contributed by atoms with Gasteiger partial charge in [-0.25, -0.2) is 9.79 Å². The van der Waals surface area contributed by atoms with Crippen molar-refractivity contribution in [3.63, 3.8) is 0 Å². The molecule has 0 spiro atoms. The fourth-order valence-corrected chi connectivity index (χ4v) is 5.15. The van der Waals surface area contributed by atoms with Gasteiger partial charge in [-0.15, -0.1) is 0 Å². The Morgan fingerprint density at radius 3 is 2.50 bits per heavy atom. The average Bonchev–Trinajstić information content (AvgIpc) is 3.13. The van der Waals surface area contributed by atoms with Crippen molar-refractivity contribution in [1.82, 2.24) is 4.57 Å². The summed E-state index contributed by atoms with van der Waals surface area (Å²) in [6.07, 6.45) is 1.82. The van der Waals surface area contributed by atoms with Crippen molar-refractivity contribution in [3.05, 3.63) is 89.0 Å². The maximum Gasteiger partial charge on any atom is 0.338 e. The molecule has 2 aromatic carbocycles. The van der Waals surface area contributed by atoms with Crippen molar-refractivity contribution < 1.29 is 19.0 Å². The molecule has 0 unspecified atom stereocenters. The van der Waals surface area contributed by atoms with E-state index >= 15 is 0 Å². The van der Waals surface area contributed by atoms with Crippen LogP contribution in [0.15, 0.2) is 68.0 Å². The second-order valence-electron chi connectivity index (χ2n) is 7.47. The summed E-state index contributed by atoms with van der Waals surface area (Å²) in [4.78, 5) is 31.7. The molecule has 0 aliphatic carbocycles. The monoisotopic (exact) mass is 542 g/mol. The van der Waals surface area contributed by atoms with Crippen LogP contribution in [0.5, 0.6) is 11.5 Å². The molecule has 4 rings (SSSR count). The Bertz CT molecular complexity index is 1450. The van der Waals surface area contributed by atoms with E-state index in [1.54, 1.807) is 44.8 Å². The minimum Gasteiger partial charge on any atom is -0.493 e. The van der Waals surface area contributed by atoms with E-state index in [2.05, 4.69) is 20.9 Å². The molecule has 0 fully saturated rings. The number of methoxy groups -OCH3 is 2. The van der Waals surface area contributed by atoms with Gasteiger partial charge in [0, 0.05) is 4.47 Å². The highest BCUT2D eigenvalue weighted by molar-refractivity contribution is 9.10. The Balaban J connectivity index is 1.96. The first kappa shape index (κ1) is 24.0. The molecule has 1 aliphatic heterocycles. The van der Waals surface area contributed by atoms with Gasteiger partial charge < -0.3 is 14.2 Å². The van der Waals surface area contributed by atoms with Crippen LogP contribution >= 0.6 is 27.3 Å². The van der Waals surface area contributed by atoms with Crippen molar-refractivity contribution in [3.8, 4) is 11.5 Å². The van der Waals surface area contributed by atoms with E-state index in [1.807, 2.05) is 36.4 Å². The lowest BCUT2D eigenvalue weighted by Crippen LogP contribution is -2.39. The molecular formula is C25H23BrN2O5S. The Kier molecular flexibility index (Phi) is 7.04. The number of ether oxygens (including phenoxy) is 3. The van der Waals surface area contributed by atoms with Crippen LogP contribution in [-0.4, -0.2) is 31.4 Å². The first-order chi connectivity index (χ1) is 16.4. The Morgan fingerprint density at radius 2 is 1.85 bits per heavy atom. The van der Waals surface area contributed by atoms with Gasteiger partial charge in [0.05, 0.1) is 42.7 Å². The van der Waals surface area contributed by atoms with Gasteiger partial charge in [-0.2, -0.15) is 0 Å². The fourth-order valence-electron chi connectivity index (χ4n) is 3.84.